The molecule has 0 aliphatic rings. The molecule has 0 atom stereocenters. The van der Waals surface area contributed by atoms with Crippen molar-refractivity contribution in [3.63, 3.8) is 0 Å². The van der Waals surface area contributed by atoms with Crippen LogP contribution in [-0.4, -0.2) is 24.5 Å². The number of aromatic nitrogens is 5. The minimum Gasteiger partial charge on any atom is -0.308 e. The molecule has 0 saturated carbocycles. The summed E-state index contributed by atoms with van der Waals surface area (Å²) in [6, 6.07) is 65.7. The molecule has 7 aromatic carbocycles. The highest BCUT2D eigenvalue weighted by atomic mass is 15.1. The minimum absolute atomic E-state index is 0.598. The smallest absolute Gasteiger partial charge is 0.166 e. The van der Waals surface area contributed by atoms with Crippen LogP contribution in [0.2, 0.25) is 0 Å². The Bertz CT molecular complexity index is 2790. The highest BCUT2D eigenvalue weighted by Crippen LogP contribution is 2.41. The van der Waals surface area contributed by atoms with Gasteiger partial charge in [0.05, 0.1) is 16.7 Å². The molecule has 0 fully saturated rings. The zero-order valence-electron chi connectivity index (χ0n) is 29.8. The van der Waals surface area contributed by atoms with Crippen molar-refractivity contribution in [3.05, 3.63) is 200 Å². The monoisotopic (exact) mass is 703 g/mol. The summed E-state index contributed by atoms with van der Waals surface area (Å²) >= 11 is 0. The van der Waals surface area contributed by atoms with Crippen molar-refractivity contribution in [2.24, 2.45) is 0 Å². The molecule has 0 N–H and O–H groups in total. The molecule has 10 rings (SSSR count). The van der Waals surface area contributed by atoms with Crippen molar-refractivity contribution in [1.29, 1.82) is 0 Å². The Kier molecular flexibility index (Phi) is 8.08. The van der Waals surface area contributed by atoms with Crippen molar-refractivity contribution in [2.45, 2.75) is 0 Å². The van der Waals surface area contributed by atoms with Crippen LogP contribution in [0.1, 0.15) is 0 Å². The predicted molar refractivity (Wildman–Crippen MR) is 225 cm³/mol. The van der Waals surface area contributed by atoms with Crippen LogP contribution < -0.4 is 0 Å². The van der Waals surface area contributed by atoms with Gasteiger partial charge in [-0.1, -0.05) is 140 Å². The van der Waals surface area contributed by atoms with Crippen molar-refractivity contribution in [2.75, 3.05) is 0 Å². The Balaban J connectivity index is 1.28. The average Bonchev–Trinajstić information content (AvgIpc) is 3.60. The second kappa shape index (κ2) is 13.8. The van der Waals surface area contributed by atoms with Crippen molar-refractivity contribution < 1.29 is 0 Å². The highest BCUT2D eigenvalue weighted by Gasteiger charge is 2.21. The van der Waals surface area contributed by atoms with Crippen molar-refractivity contribution in [1.82, 2.24) is 24.5 Å². The molecule has 0 unspecified atom stereocenters. The maximum atomic E-state index is 5.19. The zero-order valence-corrected chi connectivity index (χ0v) is 29.8. The van der Waals surface area contributed by atoms with Crippen molar-refractivity contribution in [3.8, 4) is 73.2 Å². The lowest BCUT2D eigenvalue weighted by atomic mass is 10.0. The Labute approximate surface area is 318 Å². The topological polar surface area (TPSA) is 56.5 Å². The summed E-state index contributed by atoms with van der Waals surface area (Å²) in [5, 5.41) is 2.33. The van der Waals surface area contributed by atoms with E-state index >= 15 is 0 Å². The number of hydrogen-bond acceptors (Lipinski definition) is 4. The van der Waals surface area contributed by atoms with E-state index < -0.39 is 0 Å². The van der Waals surface area contributed by atoms with E-state index in [0.717, 1.165) is 44.5 Å². The molecule has 10 aromatic rings. The number of nitrogens with zero attached hydrogens (tertiary/aromatic N) is 5. The van der Waals surface area contributed by atoms with E-state index in [1.54, 1.807) is 0 Å². The molecule has 258 valence electrons. The third-order valence-electron chi connectivity index (χ3n) is 10.2. The Morgan fingerprint density at radius 2 is 0.709 bits per heavy atom. The van der Waals surface area contributed by atoms with Gasteiger partial charge < -0.3 is 4.57 Å². The van der Waals surface area contributed by atoms with Gasteiger partial charge in [0.15, 0.2) is 17.5 Å². The normalized spacial score (nSPS) is 11.3. The molecule has 0 aliphatic carbocycles. The average molecular weight is 704 g/mol. The molecule has 0 spiro atoms. The van der Waals surface area contributed by atoms with E-state index in [1.807, 2.05) is 85.2 Å². The van der Waals surface area contributed by atoms with Crippen LogP contribution in [0.5, 0.6) is 0 Å². The highest BCUT2D eigenvalue weighted by molar-refractivity contribution is 6.12. The first-order valence-electron chi connectivity index (χ1n) is 18.4. The zero-order chi connectivity index (χ0) is 36.6. The van der Waals surface area contributed by atoms with Gasteiger partial charge in [-0.2, -0.15) is 0 Å². The lowest BCUT2D eigenvalue weighted by Crippen LogP contribution is -2.04. The fraction of sp³-hybridized carbons (Fsp3) is 0. The summed E-state index contributed by atoms with van der Waals surface area (Å²) in [7, 11) is 0. The van der Waals surface area contributed by atoms with Crippen LogP contribution >= 0.6 is 0 Å². The number of fused-ring (bicyclic) bond motifs is 3. The van der Waals surface area contributed by atoms with E-state index in [0.29, 0.717) is 17.5 Å². The van der Waals surface area contributed by atoms with Gasteiger partial charge in [-0.05, 0) is 81.9 Å². The van der Waals surface area contributed by atoms with E-state index in [9.17, 15) is 0 Å². The third kappa shape index (κ3) is 6.04. The molecular weight excluding hydrogens is 671 g/mol. The molecule has 0 radical (unpaired) electrons. The molecule has 5 heteroatoms. The first-order valence-corrected chi connectivity index (χ1v) is 18.4. The SMILES string of the molecule is c1ccc(-c2ccc3c(c2)c2cc(-c4ccccc4)ccc2n3-c2cc(-c3ccncc3)ccc2-c2nc(-c3ccccc3)nc(-c3ccccc3)n2)cc1. The Morgan fingerprint density at radius 3 is 1.20 bits per heavy atom. The molecule has 0 bridgehead atoms. The fourth-order valence-electron chi connectivity index (χ4n) is 7.46. The van der Waals surface area contributed by atoms with Crippen LogP contribution in [0.4, 0.5) is 0 Å². The third-order valence-corrected chi connectivity index (χ3v) is 10.2. The lowest BCUT2D eigenvalue weighted by molar-refractivity contribution is 1.06. The van der Waals surface area contributed by atoms with E-state index in [1.165, 1.54) is 33.0 Å². The van der Waals surface area contributed by atoms with Crippen LogP contribution in [0.25, 0.3) is 95.0 Å². The Hall–Kier alpha value is -7.50. The first kappa shape index (κ1) is 32.2. The van der Waals surface area contributed by atoms with Crippen LogP contribution in [-0.2, 0) is 0 Å². The van der Waals surface area contributed by atoms with Gasteiger partial charge >= 0.3 is 0 Å². The Morgan fingerprint density at radius 1 is 0.309 bits per heavy atom. The van der Waals surface area contributed by atoms with Gasteiger partial charge in [-0.15, -0.1) is 0 Å². The second-order valence-electron chi connectivity index (χ2n) is 13.5. The maximum absolute atomic E-state index is 5.19. The van der Waals surface area contributed by atoms with Gasteiger partial charge in [0.2, 0.25) is 0 Å². The molecular formula is C50H33N5. The summed E-state index contributed by atoms with van der Waals surface area (Å²) in [5.41, 5.74) is 12.7. The summed E-state index contributed by atoms with van der Waals surface area (Å²) < 4.78 is 2.38. The van der Waals surface area contributed by atoms with Gasteiger partial charge in [-0.3, -0.25) is 4.98 Å². The standard InChI is InChI=1S/C50H33N5/c1-5-13-34(14-6-1)39-22-25-45-43(31-39)44-32-40(35-15-7-2-8-16-35)23-26-46(44)55(45)47-33-41(36-27-29-51-30-28-36)21-24-42(47)50-53-48(37-17-9-3-10-18-37)52-49(54-50)38-19-11-4-12-20-38/h1-33H. The van der Waals surface area contributed by atoms with Gasteiger partial charge in [0.1, 0.15) is 0 Å². The number of rotatable bonds is 7. The summed E-state index contributed by atoms with van der Waals surface area (Å²) in [6.45, 7) is 0. The fourth-order valence-corrected chi connectivity index (χ4v) is 7.46. The van der Waals surface area contributed by atoms with Crippen LogP contribution in [0.3, 0.4) is 0 Å². The van der Waals surface area contributed by atoms with Crippen molar-refractivity contribution >= 4 is 21.8 Å². The number of hydrogen-bond donors (Lipinski definition) is 0. The largest absolute Gasteiger partial charge is 0.308 e. The van der Waals surface area contributed by atoms with E-state index in [-0.39, 0.29) is 0 Å². The van der Waals surface area contributed by atoms with Crippen LogP contribution in [0, 0.1) is 0 Å². The second-order valence-corrected chi connectivity index (χ2v) is 13.5. The minimum atomic E-state index is 0.598. The molecule has 5 nitrogen and oxygen atoms in total. The summed E-state index contributed by atoms with van der Waals surface area (Å²) in [4.78, 5) is 19.7. The number of pyridine rings is 1. The summed E-state index contributed by atoms with van der Waals surface area (Å²) in [5.74, 6) is 1.84. The first-order chi connectivity index (χ1) is 27.3. The van der Waals surface area contributed by atoms with Gasteiger partial charge in [-0.25, -0.2) is 15.0 Å². The van der Waals surface area contributed by atoms with Gasteiger partial charge in [0, 0.05) is 39.9 Å². The van der Waals surface area contributed by atoms with E-state index in [4.69, 9.17) is 15.0 Å². The van der Waals surface area contributed by atoms with Crippen LogP contribution in [0.15, 0.2) is 200 Å². The molecule has 0 amide bonds. The number of benzene rings is 7. The summed E-state index contributed by atoms with van der Waals surface area (Å²) in [6.07, 6.45) is 3.67. The molecule has 0 aliphatic heterocycles. The molecule has 55 heavy (non-hydrogen) atoms. The molecule has 3 aromatic heterocycles. The molecule has 0 saturated heterocycles. The predicted octanol–water partition coefficient (Wildman–Crippen LogP) is 12.4. The maximum Gasteiger partial charge on any atom is 0.166 e. The lowest BCUT2D eigenvalue weighted by Gasteiger charge is -2.16. The molecule has 3 heterocycles. The van der Waals surface area contributed by atoms with E-state index in [2.05, 4.69) is 125 Å². The van der Waals surface area contributed by atoms with Gasteiger partial charge in [0.25, 0.3) is 0 Å². The quantitative estimate of drug-likeness (QED) is 0.166.